The third-order valence-corrected chi connectivity index (χ3v) is 1.79. The molecule has 1 aromatic carbocycles. The number of amides is 1. The first-order valence-electron chi connectivity index (χ1n) is 4.73. The van der Waals surface area contributed by atoms with Gasteiger partial charge in [0, 0.05) is 27.4 Å². The van der Waals surface area contributed by atoms with Gasteiger partial charge in [-0.1, -0.05) is 30.3 Å². The Labute approximate surface area is 90.7 Å². The van der Waals surface area contributed by atoms with Crippen molar-refractivity contribution in [3.8, 4) is 0 Å². The fourth-order valence-electron chi connectivity index (χ4n) is 0.710. The summed E-state index contributed by atoms with van der Waals surface area (Å²) in [5.41, 5.74) is 1.08. The Hall–Kier alpha value is -1.64. The van der Waals surface area contributed by atoms with Crippen molar-refractivity contribution in [3.63, 3.8) is 0 Å². The van der Waals surface area contributed by atoms with Crippen molar-refractivity contribution >= 4 is 12.2 Å². The van der Waals surface area contributed by atoms with Crippen LogP contribution in [0.1, 0.15) is 12.5 Å². The summed E-state index contributed by atoms with van der Waals surface area (Å²) < 4.78 is 0. The van der Waals surface area contributed by atoms with Crippen LogP contribution in [0.25, 0.3) is 0 Å². The van der Waals surface area contributed by atoms with Crippen LogP contribution in [0.5, 0.6) is 0 Å². The molecular formula is C12H17NO2. The van der Waals surface area contributed by atoms with E-state index in [1.165, 1.54) is 11.8 Å². The van der Waals surface area contributed by atoms with E-state index in [0.717, 1.165) is 11.8 Å². The molecule has 3 nitrogen and oxygen atoms in total. The number of rotatable bonds is 2. The first-order chi connectivity index (χ1) is 7.07. The summed E-state index contributed by atoms with van der Waals surface area (Å²) in [6.07, 6.45) is 1.44. The maximum Gasteiger partial charge on any atom is 0.218 e. The third-order valence-electron chi connectivity index (χ3n) is 1.79. The number of aldehydes is 1. The molecular weight excluding hydrogens is 190 g/mol. The Morgan fingerprint density at radius 2 is 1.73 bits per heavy atom. The lowest BCUT2D eigenvalue weighted by Gasteiger charge is -2.02. The van der Waals surface area contributed by atoms with Crippen molar-refractivity contribution in [2.75, 3.05) is 14.1 Å². The molecule has 0 bridgehead atoms. The van der Waals surface area contributed by atoms with Gasteiger partial charge in [0.15, 0.2) is 0 Å². The fourth-order valence-corrected chi connectivity index (χ4v) is 0.710. The largest absolute Gasteiger partial charge is 0.349 e. The highest BCUT2D eigenvalue weighted by Gasteiger charge is 1.87. The van der Waals surface area contributed by atoms with E-state index in [1.54, 1.807) is 14.1 Å². The zero-order chi connectivity index (χ0) is 11.7. The summed E-state index contributed by atoms with van der Waals surface area (Å²) in [6, 6.07) is 9.68. The zero-order valence-electron chi connectivity index (χ0n) is 9.43. The molecule has 0 spiro atoms. The van der Waals surface area contributed by atoms with Crippen molar-refractivity contribution in [1.29, 1.82) is 0 Å². The molecule has 1 rings (SSSR count). The molecule has 1 aromatic rings. The molecule has 3 heteroatoms. The summed E-state index contributed by atoms with van der Waals surface area (Å²) in [6.45, 7) is 1.53. The number of hydrogen-bond acceptors (Lipinski definition) is 2. The second-order valence-corrected chi connectivity index (χ2v) is 3.27. The molecule has 0 saturated heterocycles. The van der Waals surface area contributed by atoms with Gasteiger partial charge in [0.2, 0.25) is 5.91 Å². The number of carbonyl (C=O) groups is 2. The first-order valence-corrected chi connectivity index (χ1v) is 4.73. The van der Waals surface area contributed by atoms with Gasteiger partial charge in [-0.05, 0) is 5.56 Å². The van der Waals surface area contributed by atoms with Crippen LogP contribution < -0.4 is 0 Å². The van der Waals surface area contributed by atoms with Gasteiger partial charge in [-0.2, -0.15) is 0 Å². The number of benzene rings is 1. The van der Waals surface area contributed by atoms with Gasteiger partial charge in [-0.25, -0.2) is 0 Å². The summed E-state index contributed by atoms with van der Waals surface area (Å²) in [5.74, 6) is 0.0926. The molecule has 15 heavy (non-hydrogen) atoms. The molecule has 1 amide bonds. The normalized spacial score (nSPS) is 8.47. The maximum atomic E-state index is 10.1. The van der Waals surface area contributed by atoms with Crippen LogP contribution in [0, 0.1) is 0 Å². The molecule has 0 fully saturated rings. The van der Waals surface area contributed by atoms with Crippen molar-refractivity contribution in [1.82, 2.24) is 4.90 Å². The van der Waals surface area contributed by atoms with E-state index in [9.17, 15) is 9.59 Å². The molecule has 82 valence electrons. The Bertz CT molecular complexity index is 294. The monoisotopic (exact) mass is 207 g/mol. The smallest absolute Gasteiger partial charge is 0.218 e. The van der Waals surface area contributed by atoms with E-state index < -0.39 is 0 Å². The van der Waals surface area contributed by atoms with E-state index in [1.807, 2.05) is 30.3 Å². The standard InChI is InChI=1S/C8H8O.C4H9NO/c9-7-6-8-4-2-1-3-5-8;1-4(6)5(2)3/h1-5,7H,6H2;1-3H3. The fraction of sp³-hybridized carbons (Fsp3) is 0.333. The number of carbonyl (C=O) groups excluding carboxylic acids is 2. The molecule has 0 aliphatic carbocycles. The second-order valence-electron chi connectivity index (χ2n) is 3.27. The molecule has 0 atom stereocenters. The molecule has 0 radical (unpaired) electrons. The van der Waals surface area contributed by atoms with Crippen molar-refractivity contribution in [3.05, 3.63) is 35.9 Å². The van der Waals surface area contributed by atoms with Gasteiger partial charge in [-0.3, -0.25) is 4.79 Å². The lowest BCUT2D eigenvalue weighted by molar-refractivity contribution is -0.126. The van der Waals surface area contributed by atoms with Gasteiger partial charge >= 0.3 is 0 Å². The predicted octanol–water partition coefficient (Wildman–Crippen LogP) is 1.52. The van der Waals surface area contributed by atoms with Gasteiger partial charge in [-0.15, -0.1) is 0 Å². The minimum Gasteiger partial charge on any atom is -0.349 e. The van der Waals surface area contributed by atoms with E-state index in [2.05, 4.69) is 0 Å². The lowest BCUT2D eigenvalue weighted by atomic mass is 10.2. The average molecular weight is 207 g/mol. The van der Waals surface area contributed by atoms with E-state index in [0.29, 0.717) is 6.42 Å². The van der Waals surface area contributed by atoms with Crippen molar-refractivity contribution in [2.45, 2.75) is 13.3 Å². The quantitative estimate of drug-likeness (QED) is 0.689. The number of nitrogens with zero attached hydrogens (tertiary/aromatic N) is 1. The SMILES string of the molecule is CC(=O)N(C)C.O=CCc1ccccc1. The molecule has 0 aliphatic rings. The Balaban J connectivity index is 0.000000288. The van der Waals surface area contributed by atoms with Crippen LogP contribution in [0.3, 0.4) is 0 Å². The highest BCUT2D eigenvalue weighted by Crippen LogP contribution is 1.96. The first kappa shape index (κ1) is 13.4. The Morgan fingerprint density at radius 3 is 2.07 bits per heavy atom. The Morgan fingerprint density at radius 1 is 1.27 bits per heavy atom. The molecule has 0 saturated carbocycles. The van der Waals surface area contributed by atoms with Gasteiger partial charge in [0.25, 0.3) is 0 Å². The summed E-state index contributed by atoms with van der Waals surface area (Å²) >= 11 is 0. The number of hydrogen-bond donors (Lipinski definition) is 0. The highest BCUT2D eigenvalue weighted by atomic mass is 16.2. The van der Waals surface area contributed by atoms with Crippen LogP contribution in [-0.2, 0) is 16.0 Å². The summed E-state index contributed by atoms with van der Waals surface area (Å²) in [5, 5.41) is 0. The van der Waals surface area contributed by atoms with Gasteiger partial charge in [0.05, 0.1) is 0 Å². The van der Waals surface area contributed by atoms with Gasteiger partial charge in [0.1, 0.15) is 6.29 Å². The topological polar surface area (TPSA) is 37.4 Å². The highest BCUT2D eigenvalue weighted by molar-refractivity contribution is 5.72. The van der Waals surface area contributed by atoms with Crippen LogP contribution in [0.4, 0.5) is 0 Å². The Kier molecular flexibility index (Phi) is 6.89. The van der Waals surface area contributed by atoms with E-state index in [4.69, 9.17) is 0 Å². The predicted molar refractivity (Wildman–Crippen MR) is 60.6 cm³/mol. The molecule has 0 N–H and O–H groups in total. The molecule has 0 aliphatic heterocycles. The summed E-state index contributed by atoms with van der Waals surface area (Å²) in [4.78, 5) is 21.6. The lowest BCUT2D eigenvalue weighted by Crippen LogP contribution is -2.17. The van der Waals surface area contributed by atoms with Crippen LogP contribution in [0.2, 0.25) is 0 Å². The third kappa shape index (κ3) is 7.43. The minimum absolute atomic E-state index is 0.0926. The van der Waals surface area contributed by atoms with Crippen LogP contribution in [-0.4, -0.2) is 31.2 Å². The average Bonchev–Trinajstić information content (AvgIpc) is 2.20. The van der Waals surface area contributed by atoms with Crippen molar-refractivity contribution < 1.29 is 9.59 Å². The molecule has 0 aromatic heterocycles. The zero-order valence-corrected chi connectivity index (χ0v) is 9.43. The van der Waals surface area contributed by atoms with Crippen molar-refractivity contribution in [2.24, 2.45) is 0 Å². The second kappa shape index (κ2) is 7.74. The summed E-state index contributed by atoms with van der Waals surface area (Å²) in [7, 11) is 3.45. The van der Waals surface area contributed by atoms with Crippen LogP contribution >= 0.6 is 0 Å². The molecule has 0 heterocycles. The maximum absolute atomic E-state index is 10.1. The van der Waals surface area contributed by atoms with Crippen LogP contribution in [0.15, 0.2) is 30.3 Å². The van der Waals surface area contributed by atoms with E-state index >= 15 is 0 Å². The van der Waals surface area contributed by atoms with E-state index in [-0.39, 0.29) is 5.91 Å². The molecule has 0 unspecified atom stereocenters. The van der Waals surface area contributed by atoms with Gasteiger partial charge < -0.3 is 9.69 Å². The minimum atomic E-state index is 0.0926.